The SMILES string of the molecule is CCCCCC=CCC=CCCCCCCCC(=O)NC(CCCCCC/C=C\C/C=C\CCCCC)(NC(=O)CCCCCCCC=CCC=CCCCCC)C(=O)NCCNCCNCCNCCNC(=O)CCCCCCC/C=C\C/C=C\CCCCC. The number of hydrogen-bond acceptors (Lipinski definition) is 7. The zero-order chi connectivity index (χ0) is 66.0. The van der Waals surface area contributed by atoms with Gasteiger partial charge in [-0.05, 0) is 161 Å². The Kier molecular flexibility index (Phi) is 69.6. The highest BCUT2D eigenvalue weighted by atomic mass is 16.2. The lowest BCUT2D eigenvalue weighted by Gasteiger charge is -2.34. The molecule has 11 heteroatoms. The Hall–Kier alpha value is -4.32. The number of rotatable bonds is 70. The predicted octanol–water partition coefficient (Wildman–Crippen LogP) is 19.8. The van der Waals surface area contributed by atoms with Crippen molar-refractivity contribution in [1.82, 2.24) is 37.2 Å². The highest BCUT2D eigenvalue weighted by Gasteiger charge is 2.40. The molecule has 0 aliphatic rings. The Morgan fingerprint density at radius 3 is 0.802 bits per heavy atom. The van der Waals surface area contributed by atoms with Gasteiger partial charge in [-0.15, -0.1) is 0 Å². The van der Waals surface area contributed by atoms with E-state index in [4.69, 9.17) is 0 Å². The first-order valence-electron chi connectivity index (χ1n) is 38.3. The fourth-order valence-electron chi connectivity index (χ4n) is 10.8. The third kappa shape index (κ3) is 65.5. The van der Waals surface area contributed by atoms with Crippen LogP contribution in [0.3, 0.4) is 0 Å². The Labute approximate surface area is 562 Å². The van der Waals surface area contributed by atoms with Crippen LogP contribution in [-0.2, 0) is 19.2 Å². The first-order chi connectivity index (χ1) is 44.8. The van der Waals surface area contributed by atoms with Gasteiger partial charge in [-0.2, -0.15) is 0 Å². The van der Waals surface area contributed by atoms with E-state index in [1.54, 1.807) is 0 Å². The monoisotopic (exact) mass is 1270 g/mol. The van der Waals surface area contributed by atoms with Gasteiger partial charge >= 0.3 is 0 Å². The third-order valence-electron chi connectivity index (χ3n) is 16.6. The van der Waals surface area contributed by atoms with Crippen molar-refractivity contribution in [1.29, 1.82) is 0 Å². The van der Waals surface area contributed by atoms with Crippen molar-refractivity contribution in [2.24, 2.45) is 0 Å². The van der Waals surface area contributed by atoms with E-state index in [2.05, 4.69) is 162 Å². The van der Waals surface area contributed by atoms with E-state index < -0.39 is 5.66 Å². The van der Waals surface area contributed by atoms with Gasteiger partial charge in [0.2, 0.25) is 17.7 Å². The fourth-order valence-corrected chi connectivity index (χ4v) is 10.8. The largest absolute Gasteiger partial charge is 0.355 e. The van der Waals surface area contributed by atoms with Crippen molar-refractivity contribution < 1.29 is 19.2 Å². The molecule has 11 nitrogen and oxygen atoms in total. The molecule has 0 heterocycles. The Balaban J connectivity index is 5.27. The molecule has 91 heavy (non-hydrogen) atoms. The molecule has 0 saturated carbocycles. The van der Waals surface area contributed by atoms with Crippen LogP contribution in [0.2, 0.25) is 0 Å². The number of hydrogen-bond donors (Lipinski definition) is 7. The molecule has 0 bridgehead atoms. The molecule has 0 aromatic rings. The zero-order valence-corrected chi connectivity index (χ0v) is 59.8. The molecule has 4 amide bonds. The second-order valence-electron chi connectivity index (χ2n) is 25.4. The summed E-state index contributed by atoms with van der Waals surface area (Å²) in [4.78, 5) is 54.8. The van der Waals surface area contributed by atoms with Crippen LogP contribution in [0.1, 0.15) is 329 Å². The Morgan fingerprint density at radius 2 is 0.495 bits per heavy atom. The molecule has 524 valence electrons. The van der Waals surface area contributed by atoms with Crippen LogP contribution in [0.4, 0.5) is 0 Å². The molecule has 0 radical (unpaired) electrons. The maximum absolute atomic E-state index is 14.6. The highest BCUT2D eigenvalue weighted by molar-refractivity contribution is 5.94. The Morgan fingerprint density at radius 1 is 0.253 bits per heavy atom. The van der Waals surface area contributed by atoms with Gasteiger partial charge in [-0.25, -0.2) is 0 Å². The van der Waals surface area contributed by atoms with E-state index in [1.807, 2.05) is 0 Å². The smallest absolute Gasteiger partial charge is 0.266 e. The van der Waals surface area contributed by atoms with Gasteiger partial charge < -0.3 is 37.2 Å². The molecular weight excluding hydrogens is 1120 g/mol. The van der Waals surface area contributed by atoms with E-state index in [0.717, 1.165) is 187 Å². The van der Waals surface area contributed by atoms with Gasteiger partial charge in [0.05, 0.1) is 0 Å². The van der Waals surface area contributed by atoms with Crippen molar-refractivity contribution in [3.8, 4) is 0 Å². The van der Waals surface area contributed by atoms with Crippen molar-refractivity contribution in [2.45, 2.75) is 335 Å². The summed E-state index contributed by atoms with van der Waals surface area (Å²) in [5.74, 6) is -0.577. The topological polar surface area (TPSA) is 152 Å². The molecule has 0 rings (SSSR count). The molecule has 0 aromatic heterocycles. The van der Waals surface area contributed by atoms with Gasteiger partial charge in [0.15, 0.2) is 5.66 Å². The van der Waals surface area contributed by atoms with Gasteiger partial charge in [0.1, 0.15) is 0 Å². The first-order valence-corrected chi connectivity index (χ1v) is 38.3. The average Bonchev–Trinajstić information content (AvgIpc) is 1.18. The van der Waals surface area contributed by atoms with Crippen LogP contribution < -0.4 is 37.2 Å². The van der Waals surface area contributed by atoms with Gasteiger partial charge in [-0.3, -0.25) is 19.2 Å². The zero-order valence-electron chi connectivity index (χ0n) is 59.8. The molecule has 0 fully saturated rings. The number of allylic oxidation sites excluding steroid dienone is 16. The number of unbranched alkanes of at least 4 members (excludes halogenated alkanes) is 31. The minimum Gasteiger partial charge on any atom is -0.355 e. The first kappa shape index (κ1) is 86.7. The summed E-state index contributed by atoms with van der Waals surface area (Å²) < 4.78 is 0. The van der Waals surface area contributed by atoms with Crippen molar-refractivity contribution in [2.75, 3.05) is 52.4 Å². The van der Waals surface area contributed by atoms with Gasteiger partial charge in [-0.1, -0.05) is 247 Å². The van der Waals surface area contributed by atoms with E-state index in [1.165, 1.54) is 116 Å². The summed E-state index contributed by atoms with van der Waals surface area (Å²) in [6.07, 6.45) is 86.1. The quantitative estimate of drug-likeness (QED) is 0.0182. The van der Waals surface area contributed by atoms with Gasteiger partial charge in [0.25, 0.3) is 5.91 Å². The molecule has 0 unspecified atom stereocenters. The van der Waals surface area contributed by atoms with Crippen molar-refractivity contribution >= 4 is 23.6 Å². The maximum Gasteiger partial charge on any atom is 0.266 e. The summed E-state index contributed by atoms with van der Waals surface area (Å²) >= 11 is 0. The third-order valence-corrected chi connectivity index (χ3v) is 16.6. The number of carbonyl (C=O) groups is 4. The van der Waals surface area contributed by atoms with Gasteiger partial charge in [0, 0.05) is 71.6 Å². The molecular formula is C80H145N7O4. The summed E-state index contributed by atoms with van der Waals surface area (Å²) in [6.45, 7) is 14.4. The molecule has 0 aromatic carbocycles. The van der Waals surface area contributed by atoms with Crippen LogP contribution in [0, 0.1) is 0 Å². The molecule has 7 N–H and O–H groups in total. The fraction of sp³-hybridized carbons (Fsp3) is 0.750. The molecule has 0 aliphatic carbocycles. The Bertz CT molecular complexity index is 1810. The van der Waals surface area contributed by atoms with Crippen LogP contribution in [0.25, 0.3) is 0 Å². The van der Waals surface area contributed by atoms with Crippen LogP contribution in [0.5, 0.6) is 0 Å². The number of carbonyl (C=O) groups excluding carboxylic acids is 4. The summed E-state index contributed by atoms with van der Waals surface area (Å²) in [5, 5.41) is 22.8. The highest BCUT2D eigenvalue weighted by Crippen LogP contribution is 2.19. The average molecular weight is 1270 g/mol. The molecule has 0 aliphatic heterocycles. The standard InChI is InChI=1S/C80H145N7O4/c1-5-9-13-17-21-25-29-33-37-40-44-48-52-56-60-64-76(88)84-74-72-82-70-68-81-69-71-83-73-75-85-79(91)80(67-63-59-55-51-47-43-36-32-28-24-20-16-12-8-4,86-77(89)65-61-57-53-49-45-41-38-34-30-26-22-18-14-10-6-2)87-78(90)66-62-58-54-50-46-42-39-35-31-27-23-19-15-11-7-3/h21-28,33-39,43,81-83H,5-20,29-32,40-42,44-75H2,1-4H3,(H,84,88)(H,85,91)(H,86,89)(H,87,90)/b25-21-,26-22?,27-23?,28-24-,37-33-,38-34?,39-35?,43-36-. The van der Waals surface area contributed by atoms with Crippen molar-refractivity contribution in [3.05, 3.63) is 97.2 Å². The van der Waals surface area contributed by atoms with Crippen molar-refractivity contribution in [3.63, 3.8) is 0 Å². The second kappa shape index (κ2) is 73.1. The number of nitrogens with one attached hydrogen (secondary N) is 7. The summed E-state index contributed by atoms with van der Waals surface area (Å²) in [6, 6.07) is 0. The van der Waals surface area contributed by atoms with E-state index in [9.17, 15) is 19.2 Å². The molecule has 0 spiro atoms. The molecule has 0 saturated heterocycles. The predicted molar refractivity (Wildman–Crippen MR) is 396 cm³/mol. The normalized spacial score (nSPS) is 12.9. The lowest BCUT2D eigenvalue weighted by molar-refractivity contribution is -0.139. The van der Waals surface area contributed by atoms with E-state index >= 15 is 0 Å². The van der Waals surface area contributed by atoms with E-state index in [-0.39, 0.29) is 23.6 Å². The summed E-state index contributed by atoms with van der Waals surface area (Å²) in [7, 11) is 0. The van der Waals surface area contributed by atoms with Crippen LogP contribution in [-0.4, -0.2) is 81.6 Å². The lowest BCUT2D eigenvalue weighted by Crippen LogP contribution is -2.68. The summed E-state index contributed by atoms with van der Waals surface area (Å²) in [5.41, 5.74) is -1.52. The minimum absolute atomic E-state index is 0.139. The lowest BCUT2D eigenvalue weighted by atomic mass is 9.97. The van der Waals surface area contributed by atoms with Crippen LogP contribution in [0.15, 0.2) is 97.2 Å². The van der Waals surface area contributed by atoms with Crippen LogP contribution >= 0.6 is 0 Å². The number of amides is 4. The minimum atomic E-state index is -1.52. The molecule has 0 atom stereocenters. The second-order valence-corrected chi connectivity index (χ2v) is 25.4. The van der Waals surface area contributed by atoms with E-state index in [0.29, 0.717) is 51.7 Å². The maximum atomic E-state index is 14.6.